The molecule has 0 aliphatic rings. The normalized spacial score (nSPS) is 11.5. The number of hydrogen-bond acceptors (Lipinski definition) is 5. The van der Waals surface area contributed by atoms with E-state index in [9.17, 15) is 8.78 Å². The van der Waals surface area contributed by atoms with Gasteiger partial charge in [-0.2, -0.15) is 0 Å². The lowest BCUT2D eigenvalue weighted by Gasteiger charge is -2.18. The van der Waals surface area contributed by atoms with Crippen molar-refractivity contribution in [2.24, 2.45) is 0 Å². The molecule has 0 bridgehead atoms. The van der Waals surface area contributed by atoms with Gasteiger partial charge in [0.1, 0.15) is 0 Å². The molecule has 0 aliphatic heterocycles. The third-order valence-electron chi connectivity index (χ3n) is 2.73. The number of nitrogens with zero attached hydrogens (tertiary/aromatic N) is 3. The average molecular weight is 362 g/mol. The lowest BCUT2D eigenvalue weighted by atomic mass is 10.2. The van der Waals surface area contributed by atoms with Crippen LogP contribution in [0.15, 0.2) is 33.2 Å². The summed E-state index contributed by atoms with van der Waals surface area (Å²) in [6.45, 7) is -0.453. The van der Waals surface area contributed by atoms with Crippen LogP contribution in [0, 0.1) is 0 Å². The Hall–Kier alpha value is -1.38. The minimum Gasteiger partial charge on any atom is -0.419 e. The molecule has 0 amide bonds. The summed E-state index contributed by atoms with van der Waals surface area (Å²) in [5, 5.41) is 16.6. The third kappa shape index (κ3) is 4.83. The zero-order chi connectivity index (χ0) is 15.2. The van der Waals surface area contributed by atoms with Gasteiger partial charge in [-0.15, -0.1) is 10.2 Å². The summed E-state index contributed by atoms with van der Waals surface area (Å²) in [5.74, 6) is 0.570. The van der Waals surface area contributed by atoms with Crippen LogP contribution in [-0.2, 0) is 6.54 Å². The van der Waals surface area contributed by atoms with Crippen LogP contribution in [0.1, 0.15) is 5.89 Å². The fraction of sp³-hybridized carbons (Fsp3) is 0.385. The summed E-state index contributed by atoms with van der Waals surface area (Å²) >= 11 is 3.33. The van der Waals surface area contributed by atoms with Crippen LogP contribution < -0.4 is 0 Å². The fourth-order valence-corrected chi connectivity index (χ4v) is 2.05. The van der Waals surface area contributed by atoms with Gasteiger partial charge in [-0.3, -0.25) is 4.90 Å². The Morgan fingerprint density at radius 2 is 1.95 bits per heavy atom. The van der Waals surface area contributed by atoms with Gasteiger partial charge in [0.25, 0.3) is 6.43 Å². The van der Waals surface area contributed by atoms with Gasteiger partial charge in [0.05, 0.1) is 19.7 Å². The molecule has 0 fully saturated rings. The van der Waals surface area contributed by atoms with Crippen LogP contribution >= 0.6 is 15.9 Å². The van der Waals surface area contributed by atoms with Crippen LogP contribution in [0.5, 0.6) is 0 Å². The smallest absolute Gasteiger partial charge is 0.251 e. The zero-order valence-corrected chi connectivity index (χ0v) is 12.6. The first-order valence-electron chi connectivity index (χ1n) is 6.28. The Kier molecular flexibility index (Phi) is 5.77. The van der Waals surface area contributed by atoms with Crippen molar-refractivity contribution >= 4 is 15.9 Å². The second-order valence-corrected chi connectivity index (χ2v) is 5.27. The molecule has 21 heavy (non-hydrogen) atoms. The van der Waals surface area contributed by atoms with Gasteiger partial charge < -0.3 is 9.52 Å². The fourth-order valence-electron chi connectivity index (χ4n) is 1.79. The molecule has 0 radical (unpaired) electrons. The average Bonchev–Trinajstić information content (AvgIpc) is 2.87. The molecule has 114 valence electrons. The quantitative estimate of drug-likeness (QED) is 0.820. The topological polar surface area (TPSA) is 62.4 Å². The molecule has 2 aromatic rings. The predicted octanol–water partition coefficient (Wildman–Crippen LogP) is 2.56. The van der Waals surface area contributed by atoms with Crippen molar-refractivity contribution in [3.05, 3.63) is 34.6 Å². The first-order chi connectivity index (χ1) is 10.1. The molecule has 2 rings (SSSR count). The Balaban J connectivity index is 2.06. The van der Waals surface area contributed by atoms with Crippen molar-refractivity contribution in [3.63, 3.8) is 0 Å². The molecule has 0 aliphatic carbocycles. The highest BCUT2D eigenvalue weighted by Crippen LogP contribution is 2.21. The summed E-state index contributed by atoms with van der Waals surface area (Å²) < 4.78 is 31.2. The Labute approximate surface area is 128 Å². The van der Waals surface area contributed by atoms with Crippen LogP contribution in [0.4, 0.5) is 8.78 Å². The van der Waals surface area contributed by atoms with E-state index in [4.69, 9.17) is 9.52 Å². The molecule has 0 spiro atoms. The molecule has 1 aromatic heterocycles. The van der Waals surface area contributed by atoms with Crippen molar-refractivity contribution in [1.29, 1.82) is 0 Å². The van der Waals surface area contributed by atoms with E-state index >= 15 is 0 Å². The first kappa shape index (κ1) is 16.0. The second-order valence-electron chi connectivity index (χ2n) is 4.36. The zero-order valence-electron chi connectivity index (χ0n) is 11.0. The number of aliphatic hydroxyl groups is 1. The molecule has 8 heteroatoms. The third-order valence-corrected chi connectivity index (χ3v) is 3.26. The summed E-state index contributed by atoms with van der Waals surface area (Å²) in [6.07, 6.45) is -2.48. The second kappa shape index (κ2) is 7.58. The lowest BCUT2D eigenvalue weighted by Crippen LogP contribution is -2.31. The van der Waals surface area contributed by atoms with Gasteiger partial charge in [-0.25, -0.2) is 8.78 Å². The maximum absolute atomic E-state index is 12.4. The van der Waals surface area contributed by atoms with Crippen LogP contribution in [0.25, 0.3) is 11.5 Å². The maximum Gasteiger partial charge on any atom is 0.251 e. The van der Waals surface area contributed by atoms with Crippen molar-refractivity contribution in [2.75, 3.05) is 19.7 Å². The highest BCUT2D eigenvalue weighted by molar-refractivity contribution is 9.10. The van der Waals surface area contributed by atoms with E-state index in [-0.39, 0.29) is 25.6 Å². The van der Waals surface area contributed by atoms with Crippen molar-refractivity contribution in [3.8, 4) is 11.5 Å². The molecule has 0 saturated heterocycles. The van der Waals surface area contributed by atoms with E-state index in [1.54, 1.807) is 0 Å². The standard InChI is InChI=1S/C13H14BrF2N3O2/c14-10-3-1-9(2-4-10)13-18-17-12(21-13)8-19(5-6-20)7-11(15)16/h1-4,11,20H,5-8H2. The van der Waals surface area contributed by atoms with E-state index in [1.165, 1.54) is 4.90 Å². The van der Waals surface area contributed by atoms with Crippen molar-refractivity contribution in [1.82, 2.24) is 15.1 Å². The van der Waals surface area contributed by atoms with Gasteiger partial charge in [0, 0.05) is 16.6 Å². The van der Waals surface area contributed by atoms with Crippen LogP contribution in [0.3, 0.4) is 0 Å². The van der Waals surface area contributed by atoms with E-state index < -0.39 is 13.0 Å². The van der Waals surface area contributed by atoms with Gasteiger partial charge >= 0.3 is 0 Å². The molecular weight excluding hydrogens is 348 g/mol. The molecule has 0 saturated carbocycles. The molecule has 1 aromatic carbocycles. The molecular formula is C13H14BrF2N3O2. The summed E-state index contributed by atoms with van der Waals surface area (Å²) in [5.41, 5.74) is 0.750. The lowest BCUT2D eigenvalue weighted by molar-refractivity contribution is 0.0704. The highest BCUT2D eigenvalue weighted by atomic mass is 79.9. The molecule has 0 unspecified atom stereocenters. The Morgan fingerprint density at radius 3 is 2.57 bits per heavy atom. The summed E-state index contributed by atoms with van der Waals surface area (Å²) in [6, 6.07) is 7.31. The minimum atomic E-state index is -2.48. The maximum atomic E-state index is 12.4. The number of alkyl halides is 2. The van der Waals surface area contributed by atoms with E-state index in [0.29, 0.717) is 5.89 Å². The number of halogens is 3. The van der Waals surface area contributed by atoms with Crippen molar-refractivity contribution in [2.45, 2.75) is 13.0 Å². The first-order valence-corrected chi connectivity index (χ1v) is 7.07. The van der Waals surface area contributed by atoms with E-state index in [1.807, 2.05) is 24.3 Å². The monoisotopic (exact) mass is 361 g/mol. The number of hydrogen-bond donors (Lipinski definition) is 1. The van der Waals surface area contributed by atoms with Gasteiger partial charge in [0.15, 0.2) is 0 Å². The number of aromatic nitrogens is 2. The van der Waals surface area contributed by atoms with Gasteiger partial charge in [-0.05, 0) is 24.3 Å². The number of rotatable bonds is 7. The van der Waals surface area contributed by atoms with Gasteiger partial charge in [-0.1, -0.05) is 15.9 Å². The molecule has 1 heterocycles. The van der Waals surface area contributed by atoms with Crippen LogP contribution in [0.2, 0.25) is 0 Å². The summed E-state index contributed by atoms with van der Waals surface area (Å²) in [4.78, 5) is 1.36. The van der Waals surface area contributed by atoms with Crippen molar-refractivity contribution < 1.29 is 18.3 Å². The van der Waals surface area contributed by atoms with Crippen LogP contribution in [-0.4, -0.2) is 46.3 Å². The largest absolute Gasteiger partial charge is 0.419 e. The van der Waals surface area contributed by atoms with E-state index in [0.717, 1.165) is 10.0 Å². The van der Waals surface area contributed by atoms with Gasteiger partial charge in [0.2, 0.25) is 11.8 Å². The van der Waals surface area contributed by atoms with E-state index in [2.05, 4.69) is 26.1 Å². The highest BCUT2D eigenvalue weighted by Gasteiger charge is 2.16. The number of aliphatic hydroxyl groups excluding tert-OH is 1. The SMILES string of the molecule is OCCN(Cc1nnc(-c2ccc(Br)cc2)o1)CC(F)F. The Morgan fingerprint density at radius 1 is 1.24 bits per heavy atom. The minimum absolute atomic E-state index is 0.0778. The molecule has 5 nitrogen and oxygen atoms in total. The summed E-state index contributed by atoms with van der Waals surface area (Å²) in [7, 11) is 0. The molecule has 0 atom stereocenters. The number of benzene rings is 1. The Bertz CT molecular complexity index is 563. The molecule has 1 N–H and O–H groups in total. The predicted molar refractivity (Wildman–Crippen MR) is 75.8 cm³/mol.